The fourth-order valence-corrected chi connectivity index (χ4v) is 4.54. The molecule has 3 aromatic rings. The van der Waals surface area contributed by atoms with E-state index in [2.05, 4.69) is 15.9 Å². The van der Waals surface area contributed by atoms with Gasteiger partial charge in [-0.15, -0.1) is 0 Å². The minimum Gasteiger partial charge on any atom is -0.493 e. The van der Waals surface area contributed by atoms with Gasteiger partial charge < -0.3 is 4.74 Å². The van der Waals surface area contributed by atoms with Crippen molar-refractivity contribution in [3.05, 3.63) is 72.1 Å². The Morgan fingerprint density at radius 3 is 2.78 bits per heavy atom. The summed E-state index contributed by atoms with van der Waals surface area (Å²) < 4.78 is 35.3. The summed E-state index contributed by atoms with van der Waals surface area (Å²) in [5.41, 5.74) is 3.10. The van der Waals surface area contributed by atoms with Crippen LogP contribution in [-0.4, -0.2) is 30.8 Å². The molecule has 0 saturated heterocycles. The fourth-order valence-electron chi connectivity index (χ4n) is 3.29. The predicted octanol–water partition coefficient (Wildman–Crippen LogP) is 2.72. The average molecular weight is 383 g/mol. The highest BCUT2D eigenvalue weighted by Crippen LogP contribution is 2.26. The molecule has 2 heterocycles. The van der Waals surface area contributed by atoms with Crippen LogP contribution in [0.2, 0.25) is 0 Å². The van der Waals surface area contributed by atoms with Gasteiger partial charge in [0.05, 0.1) is 17.2 Å². The molecule has 140 valence electrons. The summed E-state index contributed by atoms with van der Waals surface area (Å²) in [6, 6.07) is 14.3. The first kappa shape index (κ1) is 17.8. The van der Waals surface area contributed by atoms with Gasteiger partial charge >= 0.3 is 0 Å². The Labute approximate surface area is 158 Å². The molecule has 1 aliphatic heterocycles. The minimum absolute atomic E-state index is 0.221. The molecule has 1 aromatic heterocycles. The van der Waals surface area contributed by atoms with Gasteiger partial charge in [0.25, 0.3) is 0 Å². The maximum Gasteiger partial charge on any atom is 0.240 e. The van der Waals surface area contributed by atoms with Crippen LogP contribution in [-0.2, 0) is 22.9 Å². The Kier molecular flexibility index (Phi) is 4.72. The van der Waals surface area contributed by atoms with Gasteiger partial charge in [-0.3, -0.25) is 0 Å². The van der Waals surface area contributed by atoms with Crippen LogP contribution in [0.15, 0.2) is 65.8 Å². The van der Waals surface area contributed by atoms with Crippen molar-refractivity contribution in [1.82, 2.24) is 14.5 Å². The summed E-state index contributed by atoms with van der Waals surface area (Å²) in [5.74, 6) is 0.934. The summed E-state index contributed by atoms with van der Waals surface area (Å²) in [6.45, 7) is 2.59. The second-order valence-corrected chi connectivity index (χ2v) is 8.43. The Morgan fingerprint density at radius 1 is 1.22 bits per heavy atom. The van der Waals surface area contributed by atoms with Crippen LogP contribution in [0, 0.1) is 0 Å². The minimum atomic E-state index is -3.58. The molecule has 0 aliphatic carbocycles. The number of ether oxygens (including phenoxy) is 1. The van der Waals surface area contributed by atoms with Gasteiger partial charge in [-0.2, -0.15) is 5.10 Å². The van der Waals surface area contributed by atoms with Crippen molar-refractivity contribution in [3.8, 4) is 11.4 Å². The zero-order valence-corrected chi connectivity index (χ0v) is 15.8. The quantitative estimate of drug-likeness (QED) is 0.710. The van der Waals surface area contributed by atoms with Crippen molar-refractivity contribution in [2.75, 3.05) is 6.61 Å². The van der Waals surface area contributed by atoms with Crippen molar-refractivity contribution in [3.63, 3.8) is 0 Å². The molecule has 27 heavy (non-hydrogen) atoms. The molecule has 2 aromatic carbocycles. The van der Waals surface area contributed by atoms with E-state index in [0.29, 0.717) is 6.42 Å². The van der Waals surface area contributed by atoms with Crippen molar-refractivity contribution >= 4 is 10.0 Å². The molecule has 0 bridgehead atoms. The smallest absolute Gasteiger partial charge is 0.240 e. The molecule has 0 fully saturated rings. The highest BCUT2D eigenvalue weighted by molar-refractivity contribution is 7.89. The van der Waals surface area contributed by atoms with Crippen LogP contribution in [0.3, 0.4) is 0 Å². The molecule has 1 atom stereocenters. The average Bonchev–Trinajstić information content (AvgIpc) is 3.33. The molecular weight excluding hydrogens is 362 g/mol. The first-order chi connectivity index (χ1) is 13.0. The lowest BCUT2D eigenvalue weighted by atomic mass is 10.0. The Morgan fingerprint density at radius 2 is 2.04 bits per heavy atom. The number of aromatic nitrogens is 2. The van der Waals surface area contributed by atoms with Crippen LogP contribution >= 0.6 is 0 Å². The maximum absolute atomic E-state index is 12.7. The number of hydrogen-bond donors (Lipinski definition) is 1. The van der Waals surface area contributed by atoms with Crippen LogP contribution in [0.4, 0.5) is 0 Å². The topological polar surface area (TPSA) is 73.2 Å². The van der Waals surface area contributed by atoms with Gasteiger partial charge in [0.2, 0.25) is 10.0 Å². The lowest BCUT2D eigenvalue weighted by molar-refractivity contribution is 0.357. The highest BCUT2D eigenvalue weighted by atomic mass is 32.2. The summed E-state index contributed by atoms with van der Waals surface area (Å²) in [7, 11) is -3.58. The number of sulfonamides is 1. The predicted molar refractivity (Wildman–Crippen MR) is 103 cm³/mol. The molecule has 4 rings (SSSR count). The van der Waals surface area contributed by atoms with E-state index in [0.717, 1.165) is 30.0 Å². The van der Waals surface area contributed by atoms with E-state index >= 15 is 0 Å². The summed E-state index contributed by atoms with van der Waals surface area (Å²) >= 11 is 0. The third kappa shape index (κ3) is 3.89. The molecule has 6 nitrogen and oxygen atoms in total. The summed E-state index contributed by atoms with van der Waals surface area (Å²) in [4.78, 5) is 0.243. The molecular formula is C20H21N3O3S. The van der Waals surface area contributed by atoms with E-state index < -0.39 is 10.0 Å². The molecule has 1 aliphatic rings. The number of benzene rings is 2. The van der Waals surface area contributed by atoms with Crippen LogP contribution in [0.5, 0.6) is 5.75 Å². The second kappa shape index (κ2) is 7.17. The Balaban J connectivity index is 1.44. The number of rotatable bonds is 6. The second-order valence-electron chi connectivity index (χ2n) is 6.71. The van der Waals surface area contributed by atoms with E-state index in [1.165, 1.54) is 5.56 Å². The zero-order valence-electron chi connectivity index (χ0n) is 15.0. The van der Waals surface area contributed by atoms with E-state index in [9.17, 15) is 8.42 Å². The molecule has 1 N–H and O–H groups in total. The highest BCUT2D eigenvalue weighted by Gasteiger charge is 2.19. The standard InChI is InChI=1S/C20H21N3O3S/c1-15(13-16-3-8-20-17(14-16)9-12-26-20)22-27(24,25)19-6-4-18(5-7-19)23-11-2-10-21-23/h2-8,10-11,14-15,22H,9,12-13H2,1H3. The normalized spacial score (nSPS) is 14.6. The number of hydrogen-bond acceptors (Lipinski definition) is 4. The van der Waals surface area contributed by atoms with Gasteiger partial charge in [-0.1, -0.05) is 12.1 Å². The summed E-state index contributed by atoms with van der Waals surface area (Å²) in [6.07, 6.45) is 5.02. The van der Waals surface area contributed by atoms with Gasteiger partial charge in [-0.05, 0) is 60.9 Å². The largest absolute Gasteiger partial charge is 0.493 e. The zero-order chi connectivity index (χ0) is 18.9. The van der Waals surface area contributed by atoms with Crippen LogP contribution < -0.4 is 9.46 Å². The molecule has 0 amide bonds. The third-order valence-corrected chi connectivity index (χ3v) is 6.17. The van der Waals surface area contributed by atoms with Crippen LogP contribution in [0.1, 0.15) is 18.1 Å². The number of fused-ring (bicyclic) bond motifs is 1. The Bertz CT molecular complexity index is 1030. The van der Waals surface area contributed by atoms with Crippen molar-refractivity contribution in [2.45, 2.75) is 30.7 Å². The molecule has 0 saturated carbocycles. The van der Waals surface area contributed by atoms with Gasteiger partial charge in [-0.25, -0.2) is 17.8 Å². The molecule has 0 radical (unpaired) electrons. The first-order valence-corrected chi connectivity index (χ1v) is 10.4. The fraction of sp³-hybridized carbons (Fsp3) is 0.250. The Hall–Kier alpha value is -2.64. The number of nitrogens with zero attached hydrogens (tertiary/aromatic N) is 2. The molecule has 1 unspecified atom stereocenters. The van der Waals surface area contributed by atoms with Gasteiger partial charge in [0.15, 0.2) is 0 Å². The van der Waals surface area contributed by atoms with E-state index in [1.54, 1.807) is 35.1 Å². The lowest BCUT2D eigenvalue weighted by Crippen LogP contribution is -2.34. The first-order valence-electron chi connectivity index (χ1n) is 8.88. The SMILES string of the molecule is CC(Cc1ccc2c(c1)CCO2)NS(=O)(=O)c1ccc(-n2cccn2)cc1. The summed E-state index contributed by atoms with van der Waals surface area (Å²) in [5, 5.41) is 4.14. The maximum atomic E-state index is 12.7. The lowest BCUT2D eigenvalue weighted by Gasteiger charge is -2.15. The van der Waals surface area contributed by atoms with Crippen molar-refractivity contribution in [2.24, 2.45) is 0 Å². The third-order valence-electron chi connectivity index (χ3n) is 4.57. The van der Waals surface area contributed by atoms with Gasteiger partial charge in [0, 0.05) is 24.9 Å². The van der Waals surface area contributed by atoms with E-state index in [4.69, 9.17) is 4.74 Å². The number of nitrogens with one attached hydrogen (secondary N) is 1. The monoisotopic (exact) mass is 383 g/mol. The van der Waals surface area contributed by atoms with E-state index in [-0.39, 0.29) is 10.9 Å². The van der Waals surface area contributed by atoms with Crippen molar-refractivity contribution < 1.29 is 13.2 Å². The van der Waals surface area contributed by atoms with Gasteiger partial charge in [0.1, 0.15) is 5.75 Å². The van der Waals surface area contributed by atoms with Crippen molar-refractivity contribution in [1.29, 1.82) is 0 Å². The van der Waals surface area contributed by atoms with Crippen LogP contribution in [0.25, 0.3) is 5.69 Å². The van der Waals surface area contributed by atoms with E-state index in [1.807, 2.05) is 31.3 Å². The molecule has 7 heteroatoms. The molecule has 0 spiro atoms.